The number of rotatable bonds is 12. The van der Waals surface area contributed by atoms with Crippen LogP contribution in [0.2, 0.25) is 0 Å². The van der Waals surface area contributed by atoms with E-state index < -0.39 is 0 Å². The van der Waals surface area contributed by atoms with E-state index in [1.54, 1.807) is 18.3 Å². The fourth-order valence-corrected chi connectivity index (χ4v) is 4.92. The van der Waals surface area contributed by atoms with E-state index in [2.05, 4.69) is 69.1 Å². The Morgan fingerprint density at radius 3 is 2.33 bits per heavy atom. The van der Waals surface area contributed by atoms with Crippen molar-refractivity contribution in [2.24, 2.45) is 0 Å². The van der Waals surface area contributed by atoms with E-state index in [9.17, 15) is 4.79 Å². The van der Waals surface area contributed by atoms with Crippen LogP contribution < -0.4 is 9.64 Å². The van der Waals surface area contributed by atoms with Gasteiger partial charge in [0.1, 0.15) is 17.1 Å². The lowest BCUT2D eigenvalue weighted by molar-refractivity contribution is 0.0378. The van der Waals surface area contributed by atoms with Gasteiger partial charge < -0.3 is 14.4 Å². The highest BCUT2D eigenvalue weighted by molar-refractivity contribution is 5.94. The van der Waals surface area contributed by atoms with Crippen LogP contribution in [0.15, 0.2) is 66.9 Å². The predicted octanol–water partition coefficient (Wildman–Crippen LogP) is 5.39. The molecule has 1 aliphatic heterocycles. The average Bonchev–Trinajstić information content (AvgIpc) is 2.95. The molecule has 0 bridgehead atoms. The summed E-state index contributed by atoms with van der Waals surface area (Å²) in [6.07, 6.45) is 1.59. The van der Waals surface area contributed by atoms with Gasteiger partial charge in [-0.15, -0.1) is 0 Å². The molecule has 4 rings (SSSR count). The van der Waals surface area contributed by atoms with E-state index in [-0.39, 0.29) is 12.1 Å². The molecule has 39 heavy (non-hydrogen) atoms. The third-order valence-electron chi connectivity index (χ3n) is 6.97. The number of anilines is 1. The number of nitrogens with zero attached hydrogens (tertiary/aromatic N) is 4. The van der Waals surface area contributed by atoms with Crippen molar-refractivity contribution in [3.05, 3.63) is 89.1 Å². The van der Waals surface area contributed by atoms with Gasteiger partial charge in [-0.2, -0.15) is 0 Å². The number of hydrogen-bond acceptors (Lipinski definition) is 7. The van der Waals surface area contributed by atoms with Crippen LogP contribution in [-0.4, -0.2) is 66.2 Å². The first-order chi connectivity index (χ1) is 19.0. The van der Waals surface area contributed by atoms with Crippen molar-refractivity contribution in [3.63, 3.8) is 0 Å². The van der Waals surface area contributed by atoms with E-state index in [0.717, 1.165) is 63.9 Å². The van der Waals surface area contributed by atoms with Gasteiger partial charge >= 0.3 is 5.97 Å². The van der Waals surface area contributed by atoms with Crippen molar-refractivity contribution in [2.75, 3.05) is 44.2 Å². The first-order valence-electron chi connectivity index (χ1n) is 14.1. The molecule has 7 nitrogen and oxygen atoms in total. The molecule has 7 heteroatoms. The van der Waals surface area contributed by atoms with Crippen molar-refractivity contribution < 1.29 is 14.3 Å². The van der Waals surface area contributed by atoms with Crippen molar-refractivity contribution in [1.29, 1.82) is 0 Å². The summed E-state index contributed by atoms with van der Waals surface area (Å²) in [6, 6.07) is 20.9. The molecule has 0 spiro atoms. The Labute approximate surface area is 233 Å². The van der Waals surface area contributed by atoms with Crippen molar-refractivity contribution in [2.45, 2.75) is 53.4 Å². The third kappa shape index (κ3) is 8.04. The Balaban J connectivity index is 1.30. The zero-order valence-corrected chi connectivity index (χ0v) is 23.8. The molecule has 2 aromatic carbocycles. The van der Waals surface area contributed by atoms with Gasteiger partial charge in [0.15, 0.2) is 0 Å². The van der Waals surface area contributed by atoms with E-state index >= 15 is 0 Å². The van der Waals surface area contributed by atoms with Gasteiger partial charge in [0.2, 0.25) is 0 Å². The topological polar surface area (TPSA) is 58.1 Å². The van der Waals surface area contributed by atoms with E-state index in [1.165, 1.54) is 16.7 Å². The lowest BCUT2D eigenvalue weighted by atomic mass is 10.1. The first kappa shape index (κ1) is 28.6. The predicted molar refractivity (Wildman–Crippen MR) is 156 cm³/mol. The molecule has 0 aliphatic carbocycles. The van der Waals surface area contributed by atoms with Crippen molar-refractivity contribution in [3.8, 4) is 5.75 Å². The summed E-state index contributed by atoms with van der Waals surface area (Å²) < 4.78 is 11.3. The number of piperazine rings is 1. The van der Waals surface area contributed by atoms with E-state index in [0.29, 0.717) is 12.2 Å². The molecule has 0 amide bonds. The van der Waals surface area contributed by atoms with Gasteiger partial charge in [-0.05, 0) is 56.6 Å². The number of pyridine rings is 1. The van der Waals surface area contributed by atoms with Gasteiger partial charge in [-0.3, -0.25) is 9.80 Å². The lowest BCUT2D eigenvalue weighted by Gasteiger charge is -2.36. The quantitative estimate of drug-likeness (QED) is 0.291. The van der Waals surface area contributed by atoms with Crippen LogP contribution in [-0.2, 0) is 24.4 Å². The van der Waals surface area contributed by atoms with Gasteiger partial charge in [0.05, 0.1) is 12.7 Å². The highest BCUT2D eigenvalue weighted by Gasteiger charge is 2.23. The summed E-state index contributed by atoms with van der Waals surface area (Å²) in [5.41, 5.74) is 4.40. The number of carbonyl (C=O) groups is 1. The molecule has 0 unspecified atom stereocenters. The van der Waals surface area contributed by atoms with Gasteiger partial charge in [-0.1, -0.05) is 49.4 Å². The largest absolute Gasteiger partial charge is 0.494 e. The second-order valence-corrected chi connectivity index (χ2v) is 10.3. The molecule has 3 aromatic rings. The maximum Gasteiger partial charge on any atom is 0.342 e. The monoisotopic (exact) mass is 530 g/mol. The molecule has 1 saturated heterocycles. The summed E-state index contributed by atoms with van der Waals surface area (Å²) in [5.74, 6) is 1.39. The zero-order chi connectivity index (χ0) is 27.6. The number of carbonyl (C=O) groups excluding carboxylic acids is 1. The molecular weight excluding hydrogens is 488 g/mol. The van der Waals surface area contributed by atoms with E-state index in [1.807, 2.05) is 26.8 Å². The SMILES string of the molecule is CCOc1ccccc1CN(CC)Cc1ccc(CN2CCN(c3ncccc3C(=O)OC(C)C)CC2)cc1. The van der Waals surface area contributed by atoms with Crippen LogP contribution in [0, 0.1) is 0 Å². The van der Waals surface area contributed by atoms with Crippen LogP contribution in [0.25, 0.3) is 0 Å². The maximum absolute atomic E-state index is 12.6. The molecule has 2 heterocycles. The maximum atomic E-state index is 12.6. The molecule has 0 N–H and O–H groups in total. The number of para-hydroxylation sites is 1. The smallest absolute Gasteiger partial charge is 0.342 e. The Hall–Kier alpha value is -3.42. The van der Waals surface area contributed by atoms with Crippen molar-refractivity contribution in [1.82, 2.24) is 14.8 Å². The molecule has 1 fully saturated rings. The highest BCUT2D eigenvalue weighted by Crippen LogP contribution is 2.23. The number of benzene rings is 2. The van der Waals surface area contributed by atoms with Crippen LogP contribution in [0.3, 0.4) is 0 Å². The molecular formula is C32H42N4O3. The second-order valence-electron chi connectivity index (χ2n) is 10.3. The fraction of sp³-hybridized carbons (Fsp3) is 0.438. The normalized spacial score (nSPS) is 14.2. The van der Waals surface area contributed by atoms with Crippen LogP contribution >= 0.6 is 0 Å². The zero-order valence-electron chi connectivity index (χ0n) is 23.8. The summed E-state index contributed by atoms with van der Waals surface area (Å²) in [7, 11) is 0. The van der Waals surface area contributed by atoms with Gasteiger partial charge in [0, 0.05) is 57.6 Å². The summed E-state index contributed by atoms with van der Waals surface area (Å²) in [4.78, 5) is 24.2. The number of ether oxygens (including phenoxy) is 2. The Kier molecular flexibility index (Phi) is 10.3. The Bertz CT molecular complexity index is 1190. The van der Waals surface area contributed by atoms with Gasteiger partial charge in [0.25, 0.3) is 0 Å². The minimum atomic E-state index is -0.309. The average molecular weight is 531 g/mol. The van der Waals surface area contributed by atoms with Crippen LogP contribution in [0.5, 0.6) is 5.75 Å². The molecule has 0 radical (unpaired) electrons. The molecule has 0 saturated carbocycles. The molecule has 1 aromatic heterocycles. The highest BCUT2D eigenvalue weighted by atomic mass is 16.5. The molecule has 1 aliphatic rings. The van der Waals surface area contributed by atoms with Crippen molar-refractivity contribution >= 4 is 11.8 Å². The molecule has 0 atom stereocenters. The minimum Gasteiger partial charge on any atom is -0.494 e. The van der Waals surface area contributed by atoms with Gasteiger partial charge in [-0.25, -0.2) is 9.78 Å². The number of hydrogen-bond donors (Lipinski definition) is 0. The summed E-state index contributed by atoms with van der Waals surface area (Å²) in [6.45, 7) is 15.8. The Morgan fingerprint density at radius 2 is 1.64 bits per heavy atom. The number of aromatic nitrogens is 1. The summed E-state index contributed by atoms with van der Waals surface area (Å²) in [5, 5.41) is 0. The second kappa shape index (κ2) is 14.1. The lowest BCUT2D eigenvalue weighted by Crippen LogP contribution is -2.46. The summed E-state index contributed by atoms with van der Waals surface area (Å²) >= 11 is 0. The minimum absolute atomic E-state index is 0.157. The Morgan fingerprint density at radius 1 is 0.923 bits per heavy atom. The van der Waals surface area contributed by atoms with Crippen LogP contribution in [0.4, 0.5) is 5.82 Å². The standard InChI is InChI=1S/C32H42N4O3/c1-5-34(24-28-10-7-8-12-30(28)38-6-2)22-26-13-15-27(16-14-26)23-35-18-20-36(21-19-35)31-29(11-9-17-33-31)32(37)39-25(3)4/h7-17,25H,5-6,18-24H2,1-4H3. The first-order valence-corrected chi connectivity index (χ1v) is 14.1. The fourth-order valence-electron chi connectivity index (χ4n) is 4.92. The number of esters is 1. The van der Waals surface area contributed by atoms with E-state index in [4.69, 9.17) is 9.47 Å². The van der Waals surface area contributed by atoms with Crippen LogP contribution in [0.1, 0.15) is 54.7 Å². The third-order valence-corrected chi connectivity index (χ3v) is 6.97. The molecule has 208 valence electrons.